The Morgan fingerprint density at radius 2 is 1.84 bits per heavy atom. The summed E-state index contributed by atoms with van der Waals surface area (Å²) < 4.78 is 22.1. The fraction of sp³-hybridized carbons (Fsp3) is 1.00. The Labute approximate surface area is 117 Å². The van der Waals surface area contributed by atoms with Gasteiger partial charge in [-0.05, 0) is 25.4 Å². The fourth-order valence-electron chi connectivity index (χ4n) is 1.67. The van der Waals surface area contributed by atoms with E-state index in [2.05, 4.69) is 20.4 Å². The highest BCUT2D eigenvalue weighted by atomic mass is 28.4. The van der Waals surface area contributed by atoms with Crippen molar-refractivity contribution in [2.75, 3.05) is 26.4 Å². The smallest absolute Gasteiger partial charge is 0.335 e. The van der Waals surface area contributed by atoms with Crippen molar-refractivity contribution in [3.8, 4) is 0 Å². The third-order valence-electron chi connectivity index (χ3n) is 2.95. The van der Waals surface area contributed by atoms with E-state index >= 15 is 0 Å². The zero-order valence-electron chi connectivity index (χ0n) is 12.4. The van der Waals surface area contributed by atoms with Gasteiger partial charge in [0.2, 0.25) is 0 Å². The molecule has 1 fully saturated rings. The molecule has 2 unspecified atom stereocenters. The second-order valence-electron chi connectivity index (χ2n) is 5.11. The van der Waals surface area contributed by atoms with E-state index in [4.69, 9.17) is 18.3 Å². The van der Waals surface area contributed by atoms with Crippen molar-refractivity contribution in [1.29, 1.82) is 0 Å². The zero-order chi connectivity index (χ0) is 14.1. The summed E-state index contributed by atoms with van der Waals surface area (Å²) in [5.74, 6) is 0. The number of rotatable bonds is 12. The Morgan fingerprint density at radius 1 is 1.26 bits per heavy atom. The molecule has 6 heteroatoms. The van der Waals surface area contributed by atoms with Crippen LogP contribution in [0, 0.1) is 0 Å². The fourth-order valence-corrected chi connectivity index (χ4v) is 4.09. The van der Waals surface area contributed by atoms with Gasteiger partial charge in [0.25, 0.3) is 0 Å². The van der Waals surface area contributed by atoms with Gasteiger partial charge in [-0.2, -0.15) is 0 Å². The Balaban J connectivity index is 2.23. The molecule has 0 spiro atoms. The predicted octanol–water partition coefficient (Wildman–Crippen LogP) is 2.04. The van der Waals surface area contributed by atoms with E-state index < -0.39 is 14.9 Å². The highest BCUT2D eigenvalue weighted by Gasteiger charge is 2.32. The van der Waals surface area contributed by atoms with E-state index in [1.807, 2.05) is 0 Å². The lowest BCUT2D eigenvalue weighted by Crippen LogP contribution is -2.40. The third kappa shape index (κ3) is 8.01. The first kappa shape index (κ1) is 17.1. The van der Waals surface area contributed by atoms with Crippen LogP contribution in [0.2, 0.25) is 12.6 Å². The van der Waals surface area contributed by atoms with Crippen LogP contribution in [-0.4, -0.2) is 52.5 Å². The van der Waals surface area contributed by atoms with Crippen LogP contribution in [0.3, 0.4) is 0 Å². The van der Waals surface area contributed by atoms with Gasteiger partial charge in [0.05, 0.1) is 13.2 Å². The van der Waals surface area contributed by atoms with E-state index in [1.165, 1.54) is 0 Å². The van der Waals surface area contributed by atoms with Crippen LogP contribution in [0.25, 0.3) is 0 Å². The highest BCUT2D eigenvalue weighted by Crippen LogP contribution is 2.19. The molecule has 0 bridgehead atoms. The third-order valence-corrected chi connectivity index (χ3v) is 5.77. The predicted molar refractivity (Wildman–Crippen MR) is 75.2 cm³/mol. The minimum absolute atomic E-state index is 0.186. The second kappa shape index (κ2) is 9.04. The maximum Gasteiger partial charge on any atom is 0.335 e. The van der Waals surface area contributed by atoms with Crippen LogP contribution in [0.4, 0.5) is 0 Å². The molecule has 1 saturated heterocycles. The van der Waals surface area contributed by atoms with Crippen LogP contribution in [-0.2, 0) is 18.3 Å². The van der Waals surface area contributed by atoms with Crippen molar-refractivity contribution in [2.24, 2.45) is 0 Å². The molecule has 1 N–H and O–H groups in total. The van der Waals surface area contributed by atoms with Gasteiger partial charge >= 0.3 is 8.56 Å². The molecule has 0 aromatic carbocycles. The van der Waals surface area contributed by atoms with Crippen LogP contribution in [0.1, 0.15) is 33.1 Å². The summed E-state index contributed by atoms with van der Waals surface area (Å²) in [6, 6.07) is 0.750. The normalized spacial score (nSPS) is 20.5. The quantitative estimate of drug-likeness (QED) is 0.339. The van der Waals surface area contributed by atoms with Crippen molar-refractivity contribution in [2.45, 2.75) is 58.1 Å². The average molecular weight is 292 g/mol. The van der Waals surface area contributed by atoms with Crippen LogP contribution >= 0.6 is 0 Å². The molecule has 114 valence electrons. The molecule has 0 amide bonds. The van der Waals surface area contributed by atoms with Gasteiger partial charge < -0.3 is 23.4 Å². The maximum absolute atomic E-state index is 9.77. The highest BCUT2D eigenvalue weighted by molar-refractivity contribution is 6.66. The van der Waals surface area contributed by atoms with Gasteiger partial charge in [-0.15, -0.1) is 0 Å². The Kier molecular flexibility index (Phi) is 8.13. The molecule has 1 aliphatic heterocycles. The number of aliphatic hydroxyl groups is 1. The number of aliphatic hydroxyl groups excluding tert-OH is 1. The van der Waals surface area contributed by atoms with E-state index in [9.17, 15) is 5.11 Å². The van der Waals surface area contributed by atoms with Crippen molar-refractivity contribution in [1.82, 2.24) is 0 Å². The van der Waals surface area contributed by atoms with Gasteiger partial charge in [-0.3, -0.25) is 0 Å². The number of hydrogen-bond acceptors (Lipinski definition) is 5. The molecule has 19 heavy (non-hydrogen) atoms. The Morgan fingerprint density at radius 3 is 2.32 bits per heavy atom. The molecule has 1 heterocycles. The number of hydrogen-bond donors (Lipinski definition) is 1. The molecule has 2 atom stereocenters. The van der Waals surface area contributed by atoms with Gasteiger partial charge in [0.1, 0.15) is 6.10 Å². The summed E-state index contributed by atoms with van der Waals surface area (Å²) >= 11 is 0. The monoisotopic (exact) mass is 292 g/mol. The summed E-state index contributed by atoms with van der Waals surface area (Å²) in [5.41, 5.74) is 0. The number of epoxide rings is 1. The molecule has 0 saturated carbocycles. The molecular formula is C13H28O5Si. The maximum atomic E-state index is 9.77. The molecular weight excluding hydrogens is 264 g/mol. The lowest BCUT2D eigenvalue weighted by atomic mass is 10.4. The molecule has 0 aromatic rings. The summed E-state index contributed by atoms with van der Waals surface area (Å²) in [5, 5.41) is 9.77. The Hall–Kier alpha value is 0.0169. The first-order chi connectivity index (χ1) is 9.09. The number of ether oxygens (including phenoxy) is 2. The van der Waals surface area contributed by atoms with Crippen molar-refractivity contribution < 1.29 is 23.4 Å². The van der Waals surface area contributed by atoms with Gasteiger partial charge in [-0.25, -0.2) is 0 Å². The SMILES string of the molecule is CCCO[Si](C)(CCC(O)OCC1CO1)OCCC. The summed E-state index contributed by atoms with van der Waals surface area (Å²) in [6.07, 6.45) is 1.97. The van der Waals surface area contributed by atoms with Crippen molar-refractivity contribution in [3.05, 3.63) is 0 Å². The minimum atomic E-state index is -2.17. The first-order valence-corrected chi connectivity index (χ1v) is 9.81. The van der Waals surface area contributed by atoms with Crippen molar-refractivity contribution in [3.63, 3.8) is 0 Å². The molecule has 1 rings (SSSR count). The second-order valence-corrected chi connectivity index (χ2v) is 8.46. The van der Waals surface area contributed by atoms with Gasteiger partial charge in [0, 0.05) is 19.6 Å². The summed E-state index contributed by atoms with van der Waals surface area (Å²) in [6.45, 7) is 8.90. The van der Waals surface area contributed by atoms with Crippen LogP contribution in [0.15, 0.2) is 0 Å². The Bertz CT molecular complexity index is 227. The molecule has 0 radical (unpaired) electrons. The lowest BCUT2D eigenvalue weighted by Gasteiger charge is -2.27. The molecule has 5 nitrogen and oxygen atoms in total. The lowest BCUT2D eigenvalue weighted by molar-refractivity contribution is -0.104. The largest absolute Gasteiger partial charge is 0.394 e. The van der Waals surface area contributed by atoms with E-state index in [-0.39, 0.29) is 6.10 Å². The van der Waals surface area contributed by atoms with Gasteiger partial charge in [0.15, 0.2) is 6.29 Å². The van der Waals surface area contributed by atoms with Crippen molar-refractivity contribution >= 4 is 8.56 Å². The summed E-state index contributed by atoms with van der Waals surface area (Å²) in [4.78, 5) is 0. The first-order valence-electron chi connectivity index (χ1n) is 7.29. The standard InChI is InChI=1S/C13H28O5Si/c1-4-7-17-19(3,18-8-5-2)9-6-13(14)16-11-12-10-15-12/h12-14H,4-11H2,1-3H3. The molecule has 0 aromatic heterocycles. The van der Waals surface area contributed by atoms with E-state index in [0.29, 0.717) is 13.0 Å². The van der Waals surface area contributed by atoms with Crippen LogP contribution < -0.4 is 0 Å². The van der Waals surface area contributed by atoms with E-state index in [0.717, 1.165) is 38.7 Å². The average Bonchev–Trinajstić information content (AvgIpc) is 3.23. The minimum Gasteiger partial charge on any atom is -0.394 e. The summed E-state index contributed by atoms with van der Waals surface area (Å²) in [7, 11) is -2.17. The molecule has 0 aliphatic carbocycles. The van der Waals surface area contributed by atoms with E-state index in [1.54, 1.807) is 0 Å². The van der Waals surface area contributed by atoms with Crippen LogP contribution in [0.5, 0.6) is 0 Å². The van der Waals surface area contributed by atoms with Gasteiger partial charge in [-0.1, -0.05) is 13.8 Å². The topological polar surface area (TPSA) is 60.5 Å². The molecule has 1 aliphatic rings. The zero-order valence-corrected chi connectivity index (χ0v) is 13.4.